The van der Waals surface area contributed by atoms with Crippen LogP contribution in [0, 0.1) is 13.8 Å². The number of carbonyl (C=O) groups excluding carboxylic acids is 1. The van der Waals surface area contributed by atoms with Crippen molar-refractivity contribution in [2.45, 2.75) is 26.3 Å². The van der Waals surface area contributed by atoms with Crippen molar-refractivity contribution in [2.75, 3.05) is 16.8 Å². The van der Waals surface area contributed by atoms with E-state index in [0.29, 0.717) is 24.6 Å². The van der Waals surface area contributed by atoms with Crippen molar-refractivity contribution in [3.63, 3.8) is 0 Å². The Kier molecular flexibility index (Phi) is 3.90. The number of nitrogens with zero attached hydrogens (tertiary/aromatic N) is 7. The molecule has 134 valence electrons. The minimum Gasteiger partial charge on any atom is -0.357 e. The average molecular weight is 352 g/mol. The summed E-state index contributed by atoms with van der Waals surface area (Å²) in [7, 11) is 1.84. The summed E-state index contributed by atoms with van der Waals surface area (Å²) in [6.07, 6.45) is 2.53. The molecular formula is C17H20N8O. The van der Waals surface area contributed by atoms with Crippen LogP contribution in [-0.4, -0.2) is 48.3 Å². The van der Waals surface area contributed by atoms with Gasteiger partial charge < -0.3 is 5.32 Å². The minimum absolute atomic E-state index is 0.0153. The third-order valence-corrected chi connectivity index (χ3v) is 4.39. The maximum Gasteiger partial charge on any atom is 0.250 e. The Hall–Kier alpha value is -3.23. The Balaban J connectivity index is 1.46. The molecule has 0 radical (unpaired) electrons. The van der Waals surface area contributed by atoms with Gasteiger partial charge in [-0.1, -0.05) is 0 Å². The van der Waals surface area contributed by atoms with Gasteiger partial charge in [0.25, 0.3) is 5.91 Å². The molecule has 1 fully saturated rings. The molecule has 1 aliphatic rings. The Morgan fingerprint density at radius 1 is 1.12 bits per heavy atom. The number of rotatable bonds is 4. The lowest BCUT2D eigenvalue weighted by Crippen LogP contribution is -2.34. The maximum atomic E-state index is 12.7. The van der Waals surface area contributed by atoms with Gasteiger partial charge in [-0.3, -0.25) is 14.4 Å². The van der Waals surface area contributed by atoms with Crippen LogP contribution in [0.3, 0.4) is 0 Å². The van der Waals surface area contributed by atoms with Crippen molar-refractivity contribution >= 4 is 17.5 Å². The molecule has 1 atom stereocenters. The van der Waals surface area contributed by atoms with Gasteiger partial charge in [0.15, 0.2) is 5.82 Å². The van der Waals surface area contributed by atoms with Crippen molar-refractivity contribution < 1.29 is 4.79 Å². The molecule has 0 saturated carbocycles. The number of amides is 1. The van der Waals surface area contributed by atoms with Crippen LogP contribution in [0.1, 0.15) is 17.8 Å². The summed E-state index contributed by atoms with van der Waals surface area (Å²) in [4.78, 5) is 14.5. The molecule has 1 N–H and O–H groups in total. The van der Waals surface area contributed by atoms with E-state index in [0.717, 1.165) is 17.2 Å². The first-order chi connectivity index (χ1) is 12.5. The molecule has 0 bridgehead atoms. The highest BCUT2D eigenvalue weighted by Gasteiger charge is 2.34. The largest absolute Gasteiger partial charge is 0.357 e. The Morgan fingerprint density at radius 3 is 2.58 bits per heavy atom. The van der Waals surface area contributed by atoms with E-state index in [-0.39, 0.29) is 11.9 Å². The van der Waals surface area contributed by atoms with Gasteiger partial charge in [-0.2, -0.15) is 10.2 Å². The van der Waals surface area contributed by atoms with Crippen molar-refractivity contribution in [1.29, 1.82) is 0 Å². The third kappa shape index (κ3) is 2.92. The van der Waals surface area contributed by atoms with Crippen molar-refractivity contribution in [3.8, 4) is 5.82 Å². The number of hydrogen-bond acceptors (Lipinski definition) is 6. The van der Waals surface area contributed by atoms with Gasteiger partial charge in [0, 0.05) is 25.9 Å². The van der Waals surface area contributed by atoms with Gasteiger partial charge in [0.05, 0.1) is 11.4 Å². The second kappa shape index (κ2) is 6.25. The second-order valence-electron chi connectivity index (χ2n) is 6.42. The summed E-state index contributed by atoms with van der Waals surface area (Å²) in [5.41, 5.74) is 1.80. The van der Waals surface area contributed by atoms with Gasteiger partial charge in [0.2, 0.25) is 0 Å². The summed E-state index contributed by atoms with van der Waals surface area (Å²) < 4.78 is 3.40. The van der Waals surface area contributed by atoms with Crippen LogP contribution in [0.25, 0.3) is 5.82 Å². The molecule has 1 saturated heterocycles. The van der Waals surface area contributed by atoms with E-state index in [1.807, 2.05) is 51.4 Å². The number of aryl methyl sites for hydroxylation is 3. The van der Waals surface area contributed by atoms with Gasteiger partial charge in [-0.25, -0.2) is 4.68 Å². The van der Waals surface area contributed by atoms with Crippen LogP contribution >= 0.6 is 0 Å². The number of carbonyl (C=O) groups is 1. The first-order valence-electron chi connectivity index (χ1n) is 8.46. The Labute approximate surface area is 150 Å². The van der Waals surface area contributed by atoms with Gasteiger partial charge in [-0.15, -0.1) is 10.2 Å². The first kappa shape index (κ1) is 16.2. The zero-order chi connectivity index (χ0) is 18.3. The molecule has 9 heteroatoms. The monoisotopic (exact) mass is 352 g/mol. The maximum absolute atomic E-state index is 12.7. The number of aromatic nitrogens is 6. The van der Waals surface area contributed by atoms with Crippen LogP contribution in [0.4, 0.5) is 11.6 Å². The zero-order valence-electron chi connectivity index (χ0n) is 14.9. The van der Waals surface area contributed by atoms with Gasteiger partial charge >= 0.3 is 0 Å². The van der Waals surface area contributed by atoms with E-state index < -0.39 is 0 Å². The van der Waals surface area contributed by atoms with E-state index in [4.69, 9.17) is 0 Å². The highest BCUT2D eigenvalue weighted by Crippen LogP contribution is 2.23. The molecule has 1 amide bonds. The normalized spacial score (nSPS) is 17.1. The SMILES string of the molecule is Cc1ccn(-c2ccc(NC3CCN(c4cc(C)nn4C)C3=O)nn2)n1. The molecule has 0 spiro atoms. The van der Waals surface area contributed by atoms with Crippen LogP contribution in [0.15, 0.2) is 30.5 Å². The topological polar surface area (TPSA) is 93.8 Å². The van der Waals surface area contributed by atoms with Crippen LogP contribution in [-0.2, 0) is 11.8 Å². The van der Waals surface area contributed by atoms with Gasteiger partial charge in [0.1, 0.15) is 17.7 Å². The predicted octanol–water partition coefficient (Wildman–Crippen LogP) is 1.23. The highest BCUT2D eigenvalue weighted by atomic mass is 16.2. The lowest BCUT2D eigenvalue weighted by Gasteiger charge is -2.17. The summed E-state index contributed by atoms with van der Waals surface area (Å²) >= 11 is 0. The average Bonchev–Trinajstić information content (AvgIpc) is 3.29. The standard InChI is InChI=1S/C17H20N8O/c1-11-6-9-25(22-11)15-5-4-14(19-20-15)18-13-7-8-24(17(13)26)16-10-12(2)21-23(16)3/h4-6,9-10,13H,7-8H2,1-3H3,(H,18,19). The van der Waals surface area contributed by atoms with Crippen molar-refractivity contribution in [2.24, 2.45) is 7.05 Å². The molecule has 1 unspecified atom stereocenters. The quantitative estimate of drug-likeness (QED) is 0.759. The smallest absolute Gasteiger partial charge is 0.250 e. The Bertz CT molecular complexity index is 942. The lowest BCUT2D eigenvalue weighted by atomic mass is 10.2. The van der Waals surface area contributed by atoms with Gasteiger partial charge in [-0.05, 0) is 38.5 Å². The molecule has 4 rings (SSSR count). The number of nitrogens with one attached hydrogen (secondary N) is 1. The molecule has 0 aliphatic carbocycles. The minimum atomic E-state index is -0.322. The lowest BCUT2D eigenvalue weighted by molar-refractivity contribution is -0.117. The molecule has 0 aromatic carbocycles. The van der Waals surface area contributed by atoms with Crippen molar-refractivity contribution in [3.05, 3.63) is 41.9 Å². The van der Waals surface area contributed by atoms with Crippen LogP contribution < -0.4 is 10.2 Å². The number of hydrogen-bond donors (Lipinski definition) is 1. The summed E-state index contributed by atoms with van der Waals surface area (Å²) in [6, 6.07) is 7.13. The molecule has 4 heterocycles. The zero-order valence-corrected chi connectivity index (χ0v) is 14.9. The molecule has 1 aliphatic heterocycles. The third-order valence-electron chi connectivity index (χ3n) is 4.39. The summed E-state index contributed by atoms with van der Waals surface area (Å²) in [5, 5.41) is 20.1. The van der Waals surface area contributed by atoms with E-state index >= 15 is 0 Å². The van der Waals surface area contributed by atoms with E-state index in [1.54, 1.807) is 14.3 Å². The van der Waals surface area contributed by atoms with Crippen LogP contribution in [0.2, 0.25) is 0 Å². The van der Waals surface area contributed by atoms with E-state index in [2.05, 4.69) is 25.7 Å². The Morgan fingerprint density at radius 2 is 1.96 bits per heavy atom. The summed E-state index contributed by atoms with van der Waals surface area (Å²) in [6.45, 7) is 4.48. The molecule has 3 aromatic heterocycles. The summed E-state index contributed by atoms with van der Waals surface area (Å²) in [5.74, 6) is 2.03. The van der Waals surface area contributed by atoms with Crippen LogP contribution in [0.5, 0.6) is 0 Å². The molecular weight excluding hydrogens is 332 g/mol. The molecule has 9 nitrogen and oxygen atoms in total. The second-order valence-corrected chi connectivity index (χ2v) is 6.42. The van der Waals surface area contributed by atoms with Crippen molar-refractivity contribution in [1.82, 2.24) is 29.8 Å². The fourth-order valence-electron chi connectivity index (χ4n) is 3.14. The van der Waals surface area contributed by atoms with E-state index in [9.17, 15) is 4.79 Å². The molecule has 26 heavy (non-hydrogen) atoms. The fourth-order valence-corrected chi connectivity index (χ4v) is 3.14. The fraction of sp³-hybridized carbons (Fsp3) is 0.353. The highest BCUT2D eigenvalue weighted by molar-refractivity contribution is 6.00. The number of anilines is 2. The van der Waals surface area contributed by atoms with E-state index in [1.165, 1.54) is 0 Å². The first-order valence-corrected chi connectivity index (χ1v) is 8.46. The molecule has 3 aromatic rings. The predicted molar refractivity (Wildman–Crippen MR) is 96.2 cm³/mol.